The number of rotatable bonds is 6. The lowest BCUT2D eigenvalue weighted by molar-refractivity contribution is -0.133. The van der Waals surface area contributed by atoms with Crippen LogP contribution in [0, 0.1) is 0 Å². The molecule has 1 fully saturated rings. The zero-order valence-corrected chi connectivity index (χ0v) is 21.3. The molecule has 1 amide bonds. The van der Waals surface area contributed by atoms with Gasteiger partial charge in [0.05, 0.1) is 24.2 Å². The van der Waals surface area contributed by atoms with E-state index in [9.17, 15) is 9.90 Å². The Labute approximate surface area is 211 Å². The Bertz CT molecular complexity index is 1170. The van der Waals surface area contributed by atoms with Crippen molar-refractivity contribution in [3.05, 3.63) is 42.0 Å². The van der Waals surface area contributed by atoms with E-state index in [0.29, 0.717) is 44.9 Å². The van der Waals surface area contributed by atoms with Gasteiger partial charge in [0.1, 0.15) is 12.4 Å². The van der Waals surface area contributed by atoms with Crippen molar-refractivity contribution in [2.45, 2.75) is 64.3 Å². The molecule has 10 heteroatoms. The van der Waals surface area contributed by atoms with Gasteiger partial charge in [0.25, 0.3) is 6.47 Å². The van der Waals surface area contributed by atoms with Crippen LogP contribution >= 0.6 is 0 Å². The van der Waals surface area contributed by atoms with E-state index < -0.39 is 0 Å². The molecule has 1 N–H and O–H groups in total. The summed E-state index contributed by atoms with van der Waals surface area (Å²) >= 11 is 0. The van der Waals surface area contributed by atoms with Gasteiger partial charge < -0.3 is 24.2 Å². The molecule has 194 valence electrons. The Hall–Kier alpha value is -3.40. The summed E-state index contributed by atoms with van der Waals surface area (Å²) in [5.74, 6) is 1.02. The molecule has 1 saturated heterocycles. The first-order valence-corrected chi connectivity index (χ1v) is 12.6. The highest BCUT2D eigenvalue weighted by Gasteiger charge is 2.27. The molecule has 2 aliphatic rings. The number of aliphatic hydroxyl groups is 1. The molecule has 10 nitrogen and oxygen atoms in total. The van der Waals surface area contributed by atoms with Gasteiger partial charge in [0, 0.05) is 62.8 Å². The minimum absolute atomic E-state index is 0.0972. The molecule has 0 saturated carbocycles. The molecule has 5 rings (SSSR count). The average molecular weight is 497 g/mol. The first-order valence-electron chi connectivity index (χ1n) is 12.6. The minimum Gasteiger partial charge on any atom is -0.471 e. The standard InChI is InChI=1S/C24H32N6O2.C2H4O2/c1-17-4-5-19-20(27(17)2)6-7-21-24(19)26-22(10-15-29-12-3-11-25-29)30(21)16-23(32)28-13-8-18(31)9-14-28;1-4-2-3/h3,6-7,11-12,17-18,31H,4-5,8-10,13-16H2,1-2H3;2H,1H3. The van der Waals surface area contributed by atoms with E-state index in [1.54, 1.807) is 6.20 Å². The lowest BCUT2D eigenvalue weighted by atomic mass is 9.96. The molecule has 1 aromatic carbocycles. The van der Waals surface area contributed by atoms with Crippen LogP contribution in [0.4, 0.5) is 5.69 Å². The average Bonchev–Trinajstić information content (AvgIpc) is 3.53. The molecule has 2 aliphatic heterocycles. The molecule has 1 unspecified atom stereocenters. The molecule has 3 aromatic rings. The number of aromatic nitrogens is 4. The summed E-state index contributed by atoms with van der Waals surface area (Å²) in [7, 11) is 3.46. The quantitative estimate of drug-likeness (QED) is 0.521. The number of hydrogen-bond acceptors (Lipinski definition) is 7. The summed E-state index contributed by atoms with van der Waals surface area (Å²) in [5, 5.41) is 14.1. The first-order chi connectivity index (χ1) is 17.4. The number of aliphatic hydroxyl groups excluding tert-OH is 1. The van der Waals surface area contributed by atoms with Gasteiger partial charge in [-0.3, -0.25) is 14.3 Å². The summed E-state index contributed by atoms with van der Waals surface area (Å²) in [6.07, 6.45) is 7.58. The summed E-state index contributed by atoms with van der Waals surface area (Å²) in [5.41, 5.74) is 4.60. The zero-order valence-electron chi connectivity index (χ0n) is 21.3. The Balaban J connectivity index is 0.000000709. The van der Waals surface area contributed by atoms with Crippen molar-refractivity contribution in [2.75, 3.05) is 32.1 Å². The number of ether oxygens (including phenoxy) is 1. The SMILES string of the molecule is CC1CCc2c(ccc3c2nc(CCn2cccn2)n3CC(=O)N2CCC(O)CC2)N1C.COC=O. The lowest BCUT2D eigenvalue weighted by Gasteiger charge is -2.34. The highest BCUT2D eigenvalue weighted by Crippen LogP contribution is 2.35. The van der Waals surface area contributed by atoms with Gasteiger partial charge in [0.15, 0.2) is 0 Å². The Morgan fingerprint density at radius 1 is 1.25 bits per heavy atom. The molecule has 36 heavy (non-hydrogen) atoms. The fraction of sp³-hybridized carbons (Fsp3) is 0.538. The number of carbonyl (C=O) groups is 2. The van der Waals surface area contributed by atoms with Crippen molar-refractivity contribution >= 4 is 29.1 Å². The van der Waals surface area contributed by atoms with E-state index in [1.165, 1.54) is 18.4 Å². The van der Waals surface area contributed by atoms with E-state index in [-0.39, 0.29) is 18.6 Å². The lowest BCUT2D eigenvalue weighted by Crippen LogP contribution is -2.41. The van der Waals surface area contributed by atoms with Crippen molar-refractivity contribution < 1.29 is 19.4 Å². The van der Waals surface area contributed by atoms with Gasteiger partial charge >= 0.3 is 0 Å². The van der Waals surface area contributed by atoms with Crippen LogP contribution in [0.3, 0.4) is 0 Å². The second-order valence-electron chi connectivity index (χ2n) is 9.51. The van der Waals surface area contributed by atoms with Crippen LogP contribution in [0.15, 0.2) is 30.6 Å². The number of methoxy groups -OCH3 is 1. The van der Waals surface area contributed by atoms with Crippen LogP contribution in [0.2, 0.25) is 0 Å². The fourth-order valence-corrected chi connectivity index (χ4v) is 5.01. The largest absolute Gasteiger partial charge is 0.471 e. The van der Waals surface area contributed by atoms with Crippen molar-refractivity contribution in [3.8, 4) is 0 Å². The number of aryl methyl sites for hydroxylation is 3. The Morgan fingerprint density at radius 3 is 2.67 bits per heavy atom. The number of fused-ring (bicyclic) bond motifs is 3. The van der Waals surface area contributed by atoms with E-state index in [0.717, 1.165) is 36.2 Å². The van der Waals surface area contributed by atoms with E-state index in [2.05, 4.69) is 45.4 Å². The Morgan fingerprint density at radius 2 is 2.00 bits per heavy atom. The number of nitrogens with zero attached hydrogens (tertiary/aromatic N) is 6. The monoisotopic (exact) mass is 496 g/mol. The fourth-order valence-electron chi connectivity index (χ4n) is 5.01. The highest BCUT2D eigenvalue weighted by molar-refractivity contribution is 5.88. The highest BCUT2D eigenvalue weighted by atomic mass is 16.5. The summed E-state index contributed by atoms with van der Waals surface area (Å²) in [6, 6.07) is 6.74. The smallest absolute Gasteiger partial charge is 0.292 e. The summed E-state index contributed by atoms with van der Waals surface area (Å²) < 4.78 is 7.87. The van der Waals surface area contributed by atoms with Gasteiger partial charge in [-0.25, -0.2) is 4.98 Å². The number of imidazole rings is 1. The van der Waals surface area contributed by atoms with Crippen LogP contribution < -0.4 is 4.90 Å². The second-order valence-corrected chi connectivity index (χ2v) is 9.51. The maximum Gasteiger partial charge on any atom is 0.292 e. The number of benzene rings is 1. The van der Waals surface area contributed by atoms with Crippen molar-refractivity contribution in [3.63, 3.8) is 0 Å². The van der Waals surface area contributed by atoms with Crippen molar-refractivity contribution in [2.24, 2.45) is 0 Å². The van der Waals surface area contributed by atoms with Crippen LogP contribution in [-0.2, 0) is 40.3 Å². The molecule has 2 aromatic heterocycles. The number of amides is 1. The minimum atomic E-state index is -0.288. The molecule has 0 radical (unpaired) electrons. The topological polar surface area (TPSA) is 106 Å². The third kappa shape index (κ3) is 5.53. The number of anilines is 1. The predicted octanol–water partition coefficient (Wildman–Crippen LogP) is 2.02. The summed E-state index contributed by atoms with van der Waals surface area (Å²) in [4.78, 5) is 31.4. The van der Waals surface area contributed by atoms with Gasteiger partial charge in [-0.05, 0) is 50.8 Å². The van der Waals surface area contributed by atoms with Crippen LogP contribution in [0.1, 0.15) is 37.6 Å². The Kier molecular flexibility index (Phi) is 8.25. The first kappa shape index (κ1) is 25.7. The molecule has 1 atom stereocenters. The second kappa shape index (κ2) is 11.6. The number of piperidine rings is 1. The maximum atomic E-state index is 13.2. The third-order valence-corrected chi connectivity index (χ3v) is 7.26. The predicted molar refractivity (Wildman–Crippen MR) is 137 cm³/mol. The summed E-state index contributed by atoms with van der Waals surface area (Å²) in [6.45, 7) is 4.88. The third-order valence-electron chi connectivity index (χ3n) is 7.26. The molecule has 0 aliphatic carbocycles. The van der Waals surface area contributed by atoms with Gasteiger partial charge in [-0.2, -0.15) is 5.10 Å². The number of likely N-dealkylation sites (tertiary alicyclic amines) is 1. The van der Waals surface area contributed by atoms with Gasteiger partial charge in [-0.15, -0.1) is 0 Å². The van der Waals surface area contributed by atoms with E-state index in [1.807, 2.05) is 21.8 Å². The molecule has 4 heterocycles. The molecule has 0 spiro atoms. The van der Waals surface area contributed by atoms with E-state index >= 15 is 0 Å². The molecule has 0 bridgehead atoms. The molecular formula is C26H36N6O4. The van der Waals surface area contributed by atoms with Gasteiger partial charge in [0.2, 0.25) is 5.91 Å². The molecular weight excluding hydrogens is 460 g/mol. The zero-order chi connectivity index (χ0) is 25.7. The van der Waals surface area contributed by atoms with Crippen LogP contribution in [0.25, 0.3) is 11.0 Å². The number of hydrogen-bond donors (Lipinski definition) is 1. The van der Waals surface area contributed by atoms with Gasteiger partial charge in [-0.1, -0.05) is 0 Å². The van der Waals surface area contributed by atoms with Crippen molar-refractivity contribution in [1.29, 1.82) is 0 Å². The van der Waals surface area contributed by atoms with Crippen molar-refractivity contribution in [1.82, 2.24) is 24.2 Å². The van der Waals surface area contributed by atoms with Crippen LogP contribution in [-0.4, -0.2) is 81.1 Å². The maximum absolute atomic E-state index is 13.2. The van der Waals surface area contributed by atoms with E-state index in [4.69, 9.17) is 9.78 Å². The number of carbonyl (C=O) groups excluding carboxylic acids is 2. The van der Waals surface area contributed by atoms with Crippen LogP contribution in [0.5, 0.6) is 0 Å². The normalized spacial score (nSPS) is 17.9.